The van der Waals surface area contributed by atoms with Crippen molar-refractivity contribution in [2.24, 2.45) is 5.41 Å². The van der Waals surface area contributed by atoms with Crippen molar-refractivity contribution in [3.8, 4) is 5.75 Å². The summed E-state index contributed by atoms with van der Waals surface area (Å²) in [5, 5.41) is 0. The van der Waals surface area contributed by atoms with E-state index >= 15 is 0 Å². The fourth-order valence-corrected chi connectivity index (χ4v) is 2.33. The molecule has 1 aliphatic heterocycles. The van der Waals surface area contributed by atoms with Crippen molar-refractivity contribution in [1.29, 1.82) is 0 Å². The summed E-state index contributed by atoms with van der Waals surface area (Å²) in [7, 11) is 1.49. The lowest BCUT2D eigenvalue weighted by Crippen LogP contribution is -2.46. The van der Waals surface area contributed by atoms with E-state index in [-0.39, 0.29) is 17.2 Å². The Morgan fingerprint density at radius 2 is 1.79 bits per heavy atom. The quantitative estimate of drug-likeness (QED) is 0.653. The van der Waals surface area contributed by atoms with E-state index in [0.717, 1.165) is 0 Å². The second kappa shape index (κ2) is 4.57. The van der Waals surface area contributed by atoms with Crippen molar-refractivity contribution in [3.63, 3.8) is 0 Å². The van der Waals surface area contributed by atoms with Gasteiger partial charge in [0.25, 0.3) is 0 Å². The molecule has 1 saturated heterocycles. The minimum absolute atomic E-state index is 0.204. The van der Waals surface area contributed by atoms with Gasteiger partial charge in [-0.2, -0.15) is 0 Å². The average molecular weight is 262 g/mol. The van der Waals surface area contributed by atoms with Gasteiger partial charge in [-0.1, -0.05) is 13.8 Å². The van der Waals surface area contributed by atoms with E-state index < -0.39 is 0 Å². The molecule has 0 spiro atoms. The van der Waals surface area contributed by atoms with Crippen LogP contribution in [0.2, 0.25) is 0 Å². The first-order chi connectivity index (χ1) is 8.84. The molecule has 19 heavy (non-hydrogen) atoms. The molecule has 2 N–H and O–H groups in total. The monoisotopic (exact) mass is 262 g/mol. The predicted molar refractivity (Wildman–Crippen MR) is 72.9 cm³/mol. The standard InChI is InChI=1S/C14H18N2O3/c1-14(2)7-12(17)16(13(18)8-14)10-5-4-9(15)6-11(10)19-3/h4-6H,7-8,15H2,1-3H3. The SMILES string of the molecule is COc1cc(N)ccc1N1C(=O)CC(C)(C)CC1=O. The number of methoxy groups -OCH3 is 1. The number of carbonyl (C=O) groups is 2. The third kappa shape index (κ3) is 2.54. The van der Waals surface area contributed by atoms with Gasteiger partial charge >= 0.3 is 0 Å². The van der Waals surface area contributed by atoms with Crippen molar-refractivity contribution < 1.29 is 14.3 Å². The van der Waals surface area contributed by atoms with Crippen molar-refractivity contribution in [2.45, 2.75) is 26.7 Å². The van der Waals surface area contributed by atoms with E-state index in [0.29, 0.717) is 30.0 Å². The van der Waals surface area contributed by atoms with Gasteiger partial charge in [0.05, 0.1) is 12.8 Å². The molecule has 5 heteroatoms. The highest BCUT2D eigenvalue weighted by atomic mass is 16.5. The van der Waals surface area contributed by atoms with Crippen LogP contribution in [0.1, 0.15) is 26.7 Å². The lowest BCUT2D eigenvalue weighted by Gasteiger charge is -2.35. The number of hydrogen-bond donors (Lipinski definition) is 1. The molecule has 0 bridgehead atoms. The number of benzene rings is 1. The average Bonchev–Trinajstić information content (AvgIpc) is 2.28. The molecule has 2 rings (SSSR count). The molecule has 0 atom stereocenters. The first-order valence-electron chi connectivity index (χ1n) is 6.13. The number of hydrogen-bond acceptors (Lipinski definition) is 4. The number of amides is 2. The van der Waals surface area contributed by atoms with Gasteiger partial charge in [-0.15, -0.1) is 0 Å². The number of imide groups is 1. The summed E-state index contributed by atoms with van der Waals surface area (Å²) in [6.45, 7) is 3.83. The molecule has 0 aromatic heterocycles. The van der Waals surface area contributed by atoms with Crippen LogP contribution in [-0.2, 0) is 9.59 Å². The number of piperidine rings is 1. The maximum absolute atomic E-state index is 12.2. The number of nitrogens with zero attached hydrogens (tertiary/aromatic N) is 1. The summed E-state index contributed by atoms with van der Waals surface area (Å²) in [5.74, 6) is 0.0232. The van der Waals surface area contributed by atoms with Crippen LogP contribution in [0.25, 0.3) is 0 Å². The molecule has 1 aliphatic rings. The van der Waals surface area contributed by atoms with Crippen molar-refractivity contribution in [3.05, 3.63) is 18.2 Å². The molecule has 1 fully saturated rings. The van der Waals surface area contributed by atoms with Crippen molar-refractivity contribution in [1.82, 2.24) is 0 Å². The topological polar surface area (TPSA) is 72.6 Å². The van der Waals surface area contributed by atoms with E-state index in [2.05, 4.69) is 0 Å². The zero-order valence-corrected chi connectivity index (χ0v) is 11.4. The van der Waals surface area contributed by atoms with Crippen LogP contribution in [0.4, 0.5) is 11.4 Å². The third-order valence-corrected chi connectivity index (χ3v) is 3.20. The summed E-state index contributed by atoms with van der Waals surface area (Å²) in [6.07, 6.45) is 0.679. The van der Waals surface area contributed by atoms with Crippen LogP contribution in [0.3, 0.4) is 0 Å². The van der Waals surface area contributed by atoms with E-state index in [1.807, 2.05) is 13.8 Å². The van der Waals surface area contributed by atoms with Crippen LogP contribution in [0, 0.1) is 5.41 Å². The zero-order chi connectivity index (χ0) is 14.2. The number of anilines is 2. The Labute approximate surface area is 112 Å². The lowest BCUT2D eigenvalue weighted by atomic mass is 9.81. The Kier molecular flexibility index (Phi) is 3.22. The molecule has 1 aromatic rings. The van der Waals surface area contributed by atoms with Gasteiger partial charge in [0.2, 0.25) is 11.8 Å². The van der Waals surface area contributed by atoms with Gasteiger partial charge in [0.1, 0.15) is 5.75 Å². The van der Waals surface area contributed by atoms with E-state index in [4.69, 9.17) is 10.5 Å². The van der Waals surface area contributed by atoms with E-state index in [1.165, 1.54) is 12.0 Å². The molecular formula is C14H18N2O3. The summed E-state index contributed by atoms with van der Waals surface area (Å²) >= 11 is 0. The molecule has 1 heterocycles. The number of rotatable bonds is 2. The van der Waals surface area contributed by atoms with Gasteiger partial charge in [0.15, 0.2) is 0 Å². The maximum Gasteiger partial charge on any atom is 0.234 e. The molecule has 102 valence electrons. The summed E-state index contributed by atoms with van der Waals surface area (Å²) in [4.78, 5) is 25.6. The first-order valence-corrected chi connectivity index (χ1v) is 6.13. The molecule has 0 unspecified atom stereocenters. The number of nitrogen functional groups attached to an aromatic ring is 1. The van der Waals surface area contributed by atoms with Gasteiger partial charge in [0, 0.05) is 24.6 Å². The van der Waals surface area contributed by atoms with Gasteiger partial charge in [-0.25, -0.2) is 4.90 Å². The largest absolute Gasteiger partial charge is 0.494 e. The third-order valence-electron chi connectivity index (χ3n) is 3.20. The van der Waals surface area contributed by atoms with Gasteiger partial charge < -0.3 is 10.5 Å². The molecule has 0 radical (unpaired) electrons. The Morgan fingerprint density at radius 1 is 1.21 bits per heavy atom. The number of nitrogens with two attached hydrogens (primary N) is 1. The van der Waals surface area contributed by atoms with Gasteiger partial charge in [-0.3, -0.25) is 9.59 Å². The normalized spacial score (nSPS) is 18.6. The zero-order valence-electron chi connectivity index (χ0n) is 11.4. The highest BCUT2D eigenvalue weighted by Crippen LogP contribution is 2.38. The fourth-order valence-electron chi connectivity index (χ4n) is 2.33. The van der Waals surface area contributed by atoms with Crippen LogP contribution < -0.4 is 15.4 Å². The lowest BCUT2D eigenvalue weighted by molar-refractivity contribution is -0.132. The van der Waals surface area contributed by atoms with E-state index in [9.17, 15) is 9.59 Å². The Morgan fingerprint density at radius 3 is 2.32 bits per heavy atom. The number of carbonyl (C=O) groups excluding carboxylic acids is 2. The van der Waals surface area contributed by atoms with Crippen LogP contribution in [0.5, 0.6) is 5.75 Å². The highest BCUT2D eigenvalue weighted by Gasteiger charge is 2.39. The van der Waals surface area contributed by atoms with Crippen molar-refractivity contribution >= 4 is 23.2 Å². The Bertz CT molecular complexity index is 517. The fraction of sp³-hybridized carbons (Fsp3) is 0.429. The predicted octanol–water partition coefficient (Wildman–Crippen LogP) is 1.96. The molecule has 1 aromatic carbocycles. The van der Waals surface area contributed by atoms with Crippen molar-refractivity contribution in [2.75, 3.05) is 17.7 Å². The second-order valence-corrected chi connectivity index (χ2v) is 5.57. The first kappa shape index (κ1) is 13.4. The summed E-state index contributed by atoms with van der Waals surface area (Å²) < 4.78 is 5.20. The molecule has 2 amide bonds. The molecular weight excluding hydrogens is 244 g/mol. The molecule has 5 nitrogen and oxygen atoms in total. The maximum atomic E-state index is 12.2. The molecule has 0 saturated carbocycles. The Hall–Kier alpha value is -2.04. The van der Waals surface area contributed by atoms with Crippen LogP contribution in [-0.4, -0.2) is 18.9 Å². The van der Waals surface area contributed by atoms with Crippen LogP contribution >= 0.6 is 0 Å². The summed E-state index contributed by atoms with van der Waals surface area (Å²) in [6, 6.07) is 4.90. The number of ether oxygens (including phenoxy) is 1. The molecule has 0 aliphatic carbocycles. The van der Waals surface area contributed by atoms with Crippen LogP contribution in [0.15, 0.2) is 18.2 Å². The Balaban J connectivity index is 2.42. The second-order valence-electron chi connectivity index (χ2n) is 5.57. The smallest absolute Gasteiger partial charge is 0.234 e. The minimum atomic E-state index is -0.286. The van der Waals surface area contributed by atoms with E-state index in [1.54, 1.807) is 18.2 Å². The summed E-state index contributed by atoms with van der Waals surface area (Å²) in [5.41, 5.74) is 6.38. The highest BCUT2D eigenvalue weighted by molar-refractivity contribution is 6.17. The van der Waals surface area contributed by atoms with Gasteiger partial charge in [-0.05, 0) is 17.5 Å². The minimum Gasteiger partial charge on any atom is -0.494 e.